The molecule has 11 heteroatoms. The second kappa shape index (κ2) is 7.17. The third-order valence-corrected chi connectivity index (χ3v) is 4.89. The molecule has 0 aliphatic carbocycles. The monoisotopic (exact) mass is 402 g/mol. The van der Waals surface area contributed by atoms with E-state index in [1.807, 2.05) is 0 Å². The molecule has 0 spiro atoms. The highest BCUT2D eigenvalue weighted by Crippen LogP contribution is 2.27. The number of hydrogen-bond acceptors (Lipinski definition) is 8. The molecule has 0 unspecified atom stereocenters. The van der Waals surface area contributed by atoms with Gasteiger partial charge in [0.05, 0.1) is 43.7 Å². The van der Waals surface area contributed by atoms with Crippen LogP contribution in [0.4, 0.5) is 11.5 Å². The Balaban J connectivity index is 1.87. The Labute approximate surface area is 161 Å². The Morgan fingerprint density at radius 2 is 2.00 bits per heavy atom. The van der Waals surface area contributed by atoms with E-state index in [1.54, 1.807) is 22.9 Å². The van der Waals surface area contributed by atoms with Gasteiger partial charge in [-0.3, -0.25) is 18.9 Å². The lowest BCUT2D eigenvalue weighted by atomic mass is 10.2. The second-order valence-electron chi connectivity index (χ2n) is 6.38. The number of morpholine rings is 1. The summed E-state index contributed by atoms with van der Waals surface area (Å²) in [5.41, 5.74) is 2.28. The van der Waals surface area contributed by atoms with Crippen LogP contribution < -0.4 is 9.62 Å². The van der Waals surface area contributed by atoms with Crippen molar-refractivity contribution in [3.63, 3.8) is 0 Å². The lowest BCUT2D eigenvalue weighted by molar-refractivity contribution is 0.111. The first-order valence-corrected chi connectivity index (χ1v) is 10.4. The lowest BCUT2D eigenvalue weighted by Gasteiger charge is -2.28. The van der Waals surface area contributed by atoms with Gasteiger partial charge in [-0.1, -0.05) is 0 Å². The Morgan fingerprint density at radius 1 is 1.21 bits per heavy atom. The highest BCUT2D eigenvalue weighted by molar-refractivity contribution is 7.92. The van der Waals surface area contributed by atoms with Gasteiger partial charge in [-0.2, -0.15) is 0 Å². The molecule has 3 aromatic heterocycles. The van der Waals surface area contributed by atoms with Crippen LogP contribution in [-0.2, 0) is 14.8 Å². The minimum atomic E-state index is -3.44. The number of anilines is 2. The van der Waals surface area contributed by atoms with E-state index in [-0.39, 0.29) is 0 Å². The summed E-state index contributed by atoms with van der Waals surface area (Å²) in [7, 11) is -3.44. The van der Waals surface area contributed by atoms with Gasteiger partial charge in [-0.05, 0) is 6.07 Å². The van der Waals surface area contributed by atoms with Gasteiger partial charge in [0.1, 0.15) is 17.2 Å². The largest absolute Gasteiger partial charge is 0.378 e. The fourth-order valence-electron chi connectivity index (χ4n) is 3.06. The molecule has 0 saturated carbocycles. The quantitative estimate of drug-likeness (QED) is 0.623. The zero-order valence-electron chi connectivity index (χ0n) is 15.1. The third-order valence-electron chi connectivity index (χ3n) is 4.28. The van der Waals surface area contributed by atoms with Crippen LogP contribution in [0.1, 0.15) is 10.5 Å². The molecule has 0 aromatic carbocycles. The summed E-state index contributed by atoms with van der Waals surface area (Å²) < 4.78 is 32.5. The van der Waals surface area contributed by atoms with Gasteiger partial charge in [0.25, 0.3) is 0 Å². The van der Waals surface area contributed by atoms with Gasteiger partial charge in [0, 0.05) is 24.8 Å². The smallest absolute Gasteiger partial charge is 0.229 e. The molecule has 0 amide bonds. The number of aromatic nitrogens is 4. The molecule has 28 heavy (non-hydrogen) atoms. The van der Waals surface area contributed by atoms with E-state index in [4.69, 9.17) is 9.72 Å². The SMILES string of the molecule is CS(=O)(=O)Nc1cncc(-c2nc(N3CCOCC3)cn3c(C=O)cnc23)c1. The van der Waals surface area contributed by atoms with E-state index in [1.165, 1.54) is 12.4 Å². The van der Waals surface area contributed by atoms with Gasteiger partial charge >= 0.3 is 0 Å². The van der Waals surface area contributed by atoms with Crippen molar-refractivity contribution < 1.29 is 17.9 Å². The highest BCUT2D eigenvalue weighted by Gasteiger charge is 2.19. The number of fused-ring (bicyclic) bond motifs is 1. The van der Waals surface area contributed by atoms with Crippen LogP contribution in [0.3, 0.4) is 0 Å². The van der Waals surface area contributed by atoms with E-state index in [2.05, 4.69) is 19.6 Å². The predicted octanol–water partition coefficient (Wildman–Crippen LogP) is 0.812. The predicted molar refractivity (Wildman–Crippen MR) is 103 cm³/mol. The van der Waals surface area contributed by atoms with E-state index < -0.39 is 10.0 Å². The first kappa shape index (κ1) is 18.3. The van der Waals surface area contributed by atoms with Crippen molar-refractivity contribution in [3.05, 3.63) is 36.5 Å². The molecule has 1 aliphatic rings. The average molecular weight is 402 g/mol. The number of rotatable bonds is 5. The van der Waals surface area contributed by atoms with Gasteiger partial charge in [-0.25, -0.2) is 18.4 Å². The molecule has 0 radical (unpaired) electrons. The van der Waals surface area contributed by atoms with E-state index in [0.29, 0.717) is 60.4 Å². The number of hydrogen-bond donors (Lipinski definition) is 1. The van der Waals surface area contributed by atoms with Crippen LogP contribution in [0, 0.1) is 0 Å². The average Bonchev–Trinajstić information content (AvgIpc) is 3.10. The fraction of sp³-hybridized carbons (Fsp3) is 0.294. The maximum Gasteiger partial charge on any atom is 0.229 e. The molecule has 1 aliphatic heterocycles. The van der Waals surface area contributed by atoms with Crippen molar-refractivity contribution in [2.24, 2.45) is 0 Å². The summed E-state index contributed by atoms with van der Waals surface area (Å²) in [4.78, 5) is 26.7. The number of ether oxygens (including phenoxy) is 1. The normalized spacial score (nSPS) is 15.0. The van der Waals surface area contributed by atoms with Crippen LogP contribution in [-0.4, -0.2) is 66.6 Å². The van der Waals surface area contributed by atoms with E-state index in [0.717, 1.165) is 12.5 Å². The van der Waals surface area contributed by atoms with Crippen molar-refractivity contribution >= 4 is 33.5 Å². The topological polar surface area (TPSA) is 119 Å². The van der Waals surface area contributed by atoms with E-state index in [9.17, 15) is 13.2 Å². The van der Waals surface area contributed by atoms with Gasteiger partial charge in [-0.15, -0.1) is 0 Å². The zero-order chi connectivity index (χ0) is 19.7. The summed E-state index contributed by atoms with van der Waals surface area (Å²) in [6, 6.07) is 1.63. The maximum atomic E-state index is 11.5. The summed E-state index contributed by atoms with van der Waals surface area (Å²) in [6.45, 7) is 2.54. The van der Waals surface area contributed by atoms with E-state index >= 15 is 0 Å². The molecular weight excluding hydrogens is 384 g/mol. The van der Waals surface area contributed by atoms with Crippen LogP contribution in [0.5, 0.6) is 0 Å². The summed E-state index contributed by atoms with van der Waals surface area (Å²) in [6.07, 6.45) is 8.03. The van der Waals surface area contributed by atoms with Crippen molar-refractivity contribution in [1.82, 2.24) is 19.4 Å². The summed E-state index contributed by atoms with van der Waals surface area (Å²) >= 11 is 0. The number of carbonyl (C=O) groups is 1. The second-order valence-corrected chi connectivity index (χ2v) is 8.13. The molecule has 1 saturated heterocycles. The first-order valence-electron chi connectivity index (χ1n) is 8.54. The van der Waals surface area contributed by atoms with Gasteiger partial charge in [0.2, 0.25) is 10.0 Å². The van der Waals surface area contributed by atoms with Crippen LogP contribution in [0.2, 0.25) is 0 Å². The summed E-state index contributed by atoms with van der Waals surface area (Å²) in [5.74, 6) is 0.674. The Kier molecular flexibility index (Phi) is 4.69. The minimum absolute atomic E-state index is 0.318. The standard InChI is InChI=1S/C17H18N6O4S/c1-28(25,26)21-13-6-12(7-18-8-13)16-17-19-9-14(11-24)23(17)10-15(20-16)22-2-4-27-5-3-22/h6-11,21H,2-5H2,1H3. The number of aldehydes is 1. The molecule has 0 atom stereocenters. The molecule has 10 nitrogen and oxygen atoms in total. The van der Waals surface area contributed by atoms with Crippen LogP contribution in [0.15, 0.2) is 30.9 Å². The van der Waals surface area contributed by atoms with Crippen molar-refractivity contribution in [2.75, 3.05) is 42.2 Å². The molecule has 1 fully saturated rings. The van der Waals surface area contributed by atoms with Gasteiger partial charge < -0.3 is 9.64 Å². The maximum absolute atomic E-state index is 11.5. The molecule has 0 bridgehead atoms. The zero-order valence-corrected chi connectivity index (χ0v) is 15.9. The summed E-state index contributed by atoms with van der Waals surface area (Å²) in [5, 5.41) is 0. The number of imidazole rings is 1. The Bertz CT molecular complexity index is 1140. The highest BCUT2D eigenvalue weighted by atomic mass is 32.2. The van der Waals surface area contributed by atoms with Crippen molar-refractivity contribution in [1.29, 1.82) is 0 Å². The lowest BCUT2D eigenvalue weighted by Crippen LogP contribution is -2.37. The first-order chi connectivity index (χ1) is 13.4. The number of nitrogens with one attached hydrogen (secondary N) is 1. The molecule has 3 aromatic rings. The Morgan fingerprint density at radius 3 is 2.71 bits per heavy atom. The number of nitrogens with zero attached hydrogens (tertiary/aromatic N) is 5. The van der Waals surface area contributed by atoms with Gasteiger partial charge in [0.15, 0.2) is 11.9 Å². The third kappa shape index (κ3) is 3.66. The molecule has 4 heterocycles. The number of sulfonamides is 1. The number of pyridine rings is 1. The minimum Gasteiger partial charge on any atom is -0.378 e. The molecule has 1 N–H and O–H groups in total. The molecule has 4 rings (SSSR count). The fourth-order valence-corrected chi connectivity index (χ4v) is 3.60. The van der Waals surface area contributed by atoms with Crippen LogP contribution >= 0.6 is 0 Å². The van der Waals surface area contributed by atoms with Crippen LogP contribution in [0.25, 0.3) is 16.9 Å². The molecule has 146 valence electrons. The van der Waals surface area contributed by atoms with Crippen molar-refractivity contribution in [3.8, 4) is 11.3 Å². The Hall–Kier alpha value is -3.05. The van der Waals surface area contributed by atoms with Crippen molar-refractivity contribution in [2.45, 2.75) is 0 Å². The number of carbonyl (C=O) groups excluding carboxylic acids is 1. The molecular formula is C17H18N6O4S.